The summed E-state index contributed by atoms with van der Waals surface area (Å²) < 4.78 is 47.4. The SMILES string of the molecule is CN(C)CCCOc1ccnc2ccc(CNC(=O)c3cccn(Cc4cc(F)c(F)c(F)c4)c3=O)cc12. The van der Waals surface area contributed by atoms with Crippen molar-refractivity contribution in [3.63, 3.8) is 0 Å². The maximum Gasteiger partial charge on any atom is 0.263 e. The van der Waals surface area contributed by atoms with Gasteiger partial charge in [-0.25, -0.2) is 13.2 Å². The third-order valence-electron chi connectivity index (χ3n) is 5.89. The molecule has 0 spiro atoms. The van der Waals surface area contributed by atoms with Crippen LogP contribution in [-0.2, 0) is 13.1 Å². The predicted molar refractivity (Wildman–Crippen MR) is 138 cm³/mol. The van der Waals surface area contributed by atoms with Gasteiger partial charge in [0.1, 0.15) is 11.3 Å². The Balaban J connectivity index is 1.46. The Labute approximate surface area is 217 Å². The molecule has 1 N–H and O–H groups in total. The van der Waals surface area contributed by atoms with Gasteiger partial charge in [0.05, 0.1) is 18.7 Å². The molecule has 0 bridgehead atoms. The molecule has 0 saturated carbocycles. The molecule has 0 atom stereocenters. The molecule has 0 aliphatic rings. The summed E-state index contributed by atoms with van der Waals surface area (Å²) in [6, 6.07) is 11.8. The smallest absolute Gasteiger partial charge is 0.263 e. The van der Waals surface area contributed by atoms with Crippen molar-refractivity contribution in [3.05, 3.63) is 105 Å². The summed E-state index contributed by atoms with van der Waals surface area (Å²) in [5, 5.41) is 3.54. The van der Waals surface area contributed by atoms with Gasteiger partial charge in [0, 0.05) is 30.9 Å². The molecule has 0 aliphatic carbocycles. The number of nitrogens with one attached hydrogen (secondary N) is 1. The van der Waals surface area contributed by atoms with Crippen LogP contribution < -0.4 is 15.6 Å². The molecule has 0 unspecified atom stereocenters. The number of fused-ring (bicyclic) bond motifs is 1. The zero-order chi connectivity index (χ0) is 27.2. The van der Waals surface area contributed by atoms with Crippen LogP contribution in [-0.4, -0.2) is 47.6 Å². The van der Waals surface area contributed by atoms with Gasteiger partial charge in [-0.15, -0.1) is 0 Å². The molecule has 2 aromatic heterocycles. The van der Waals surface area contributed by atoms with E-state index in [0.29, 0.717) is 12.4 Å². The quantitative estimate of drug-likeness (QED) is 0.250. The summed E-state index contributed by atoms with van der Waals surface area (Å²) in [5.41, 5.74) is 0.801. The van der Waals surface area contributed by atoms with Gasteiger partial charge in [-0.1, -0.05) is 6.07 Å². The Kier molecular flexibility index (Phi) is 8.42. The average molecular weight is 525 g/mol. The summed E-state index contributed by atoms with van der Waals surface area (Å²) >= 11 is 0. The first kappa shape index (κ1) is 26.9. The number of aromatic nitrogens is 2. The van der Waals surface area contributed by atoms with Crippen molar-refractivity contribution in [2.75, 3.05) is 27.2 Å². The van der Waals surface area contributed by atoms with Gasteiger partial charge < -0.3 is 19.5 Å². The fourth-order valence-corrected chi connectivity index (χ4v) is 3.97. The molecule has 2 aromatic carbocycles. The van der Waals surface area contributed by atoms with Crippen LogP contribution in [0.5, 0.6) is 5.75 Å². The minimum absolute atomic E-state index is 0.0468. The van der Waals surface area contributed by atoms with E-state index in [1.807, 2.05) is 32.3 Å². The highest BCUT2D eigenvalue weighted by atomic mass is 19.2. The first-order valence-electron chi connectivity index (χ1n) is 12.0. The van der Waals surface area contributed by atoms with Crippen molar-refractivity contribution < 1.29 is 22.7 Å². The van der Waals surface area contributed by atoms with E-state index in [2.05, 4.69) is 15.2 Å². The molecule has 0 saturated heterocycles. The Morgan fingerprint density at radius 3 is 2.55 bits per heavy atom. The third-order valence-corrected chi connectivity index (χ3v) is 5.89. The Morgan fingerprint density at radius 1 is 1.05 bits per heavy atom. The largest absolute Gasteiger partial charge is 0.493 e. The Hall–Kier alpha value is -4.18. The Bertz CT molecular complexity index is 1500. The van der Waals surface area contributed by atoms with Gasteiger partial charge >= 0.3 is 0 Å². The number of hydrogen-bond donors (Lipinski definition) is 1. The van der Waals surface area contributed by atoms with Crippen molar-refractivity contribution in [3.8, 4) is 5.75 Å². The van der Waals surface area contributed by atoms with Crippen molar-refractivity contribution in [2.45, 2.75) is 19.5 Å². The van der Waals surface area contributed by atoms with Gasteiger partial charge in [-0.05, 0) is 74.1 Å². The zero-order valence-corrected chi connectivity index (χ0v) is 21.0. The number of benzene rings is 2. The number of nitrogens with zero attached hydrogens (tertiary/aromatic N) is 3. The summed E-state index contributed by atoms with van der Waals surface area (Å²) in [5.74, 6) is -4.19. The second kappa shape index (κ2) is 11.9. The second-order valence-corrected chi connectivity index (χ2v) is 9.08. The van der Waals surface area contributed by atoms with Gasteiger partial charge in [-0.3, -0.25) is 14.6 Å². The highest BCUT2D eigenvalue weighted by molar-refractivity contribution is 5.93. The predicted octanol–water partition coefficient (Wildman–Crippen LogP) is 4.12. The van der Waals surface area contributed by atoms with E-state index in [9.17, 15) is 22.8 Å². The summed E-state index contributed by atoms with van der Waals surface area (Å²) in [6.45, 7) is 1.37. The minimum Gasteiger partial charge on any atom is -0.493 e. The van der Waals surface area contributed by atoms with Crippen LogP contribution in [0.2, 0.25) is 0 Å². The number of pyridine rings is 2. The molecule has 0 fully saturated rings. The molecular formula is C28H27F3N4O3. The normalized spacial score (nSPS) is 11.2. The molecule has 38 heavy (non-hydrogen) atoms. The van der Waals surface area contributed by atoms with E-state index in [1.54, 1.807) is 12.3 Å². The van der Waals surface area contributed by atoms with E-state index in [1.165, 1.54) is 18.3 Å². The molecule has 4 aromatic rings. The van der Waals surface area contributed by atoms with Crippen LogP contribution in [0.1, 0.15) is 27.9 Å². The van der Waals surface area contributed by atoms with Crippen LogP contribution in [0.3, 0.4) is 0 Å². The lowest BCUT2D eigenvalue weighted by Crippen LogP contribution is -2.32. The fraction of sp³-hybridized carbons (Fsp3) is 0.250. The summed E-state index contributed by atoms with van der Waals surface area (Å²) in [7, 11) is 4.00. The molecule has 198 valence electrons. The lowest BCUT2D eigenvalue weighted by Gasteiger charge is -2.13. The number of carbonyl (C=O) groups is 1. The third kappa shape index (κ3) is 6.38. The minimum atomic E-state index is -1.58. The van der Waals surface area contributed by atoms with Crippen LogP contribution in [0.4, 0.5) is 13.2 Å². The molecule has 2 heterocycles. The second-order valence-electron chi connectivity index (χ2n) is 9.08. The first-order chi connectivity index (χ1) is 18.2. The Morgan fingerprint density at radius 2 is 1.82 bits per heavy atom. The van der Waals surface area contributed by atoms with Crippen LogP contribution >= 0.6 is 0 Å². The van der Waals surface area contributed by atoms with Crippen molar-refractivity contribution in [1.82, 2.24) is 19.8 Å². The molecule has 0 aliphatic heterocycles. The average Bonchev–Trinajstić information content (AvgIpc) is 2.89. The summed E-state index contributed by atoms with van der Waals surface area (Å²) in [4.78, 5) is 32.1. The number of amides is 1. The highest BCUT2D eigenvalue weighted by Crippen LogP contribution is 2.25. The van der Waals surface area contributed by atoms with Crippen LogP contribution in [0.25, 0.3) is 10.9 Å². The standard InChI is InChI=1S/C28H27F3N4O3/c1-34(2)10-4-12-38-25-8-9-32-24-7-6-18(13-21(24)25)16-33-27(36)20-5-3-11-35(28(20)37)17-19-14-22(29)26(31)23(30)15-19/h3,5-9,11,13-15H,4,10,12,16-17H2,1-2H3,(H,33,36). The number of rotatable bonds is 10. The first-order valence-corrected chi connectivity index (χ1v) is 12.0. The van der Waals surface area contributed by atoms with Gasteiger partial charge in [0.2, 0.25) is 0 Å². The van der Waals surface area contributed by atoms with Gasteiger partial charge in [0.25, 0.3) is 11.5 Å². The van der Waals surface area contributed by atoms with Crippen molar-refractivity contribution in [1.29, 1.82) is 0 Å². The van der Waals surface area contributed by atoms with E-state index in [4.69, 9.17) is 4.74 Å². The monoisotopic (exact) mass is 524 g/mol. The molecule has 4 rings (SSSR count). The molecule has 10 heteroatoms. The number of ether oxygens (including phenoxy) is 1. The van der Waals surface area contributed by atoms with Gasteiger partial charge in [-0.2, -0.15) is 0 Å². The fourth-order valence-electron chi connectivity index (χ4n) is 3.97. The van der Waals surface area contributed by atoms with Crippen LogP contribution in [0.15, 0.2) is 65.7 Å². The lowest BCUT2D eigenvalue weighted by molar-refractivity contribution is 0.0948. The topological polar surface area (TPSA) is 76.5 Å². The van der Waals surface area contributed by atoms with E-state index in [-0.39, 0.29) is 24.2 Å². The highest BCUT2D eigenvalue weighted by Gasteiger charge is 2.15. The zero-order valence-electron chi connectivity index (χ0n) is 21.0. The molecule has 7 nitrogen and oxygen atoms in total. The number of carbonyl (C=O) groups excluding carboxylic acids is 1. The van der Waals surface area contributed by atoms with E-state index < -0.39 is 28.9 Å². The maximum atomic E-state index is 13.6. The lowest BCUT2D eigenvalue weighted by atomic mass is 10.1. The molecule has 0 radical (unpaired) electrons. The maximum absolute atomic E-state index is 13.6. The van der Waals surface area contributed by atoms with Crippen molar-refractivity contribution in [2.24, 2.45) is 0 Å². The van der Waals surface area contributed by atoms with E-state index >= 15 is 0 Å². The number of halogens is 3. The van der Waals surface area contributed by atoms with E-state index in [0.717, 1.165) is 46.1 Å². The molecular weight excluding hydrogens is 497 g/mol. The molecule has 1 amide bonds. The number of hydrogen-bond acceptors (Lipinski definition) is 5. The van der Waals surface area contributed by atoms with Gasteiger partial charge in [0.15, 0.2) is 17.5 Å². The van der Waals surface area contributed by atoms with Crippen molar-refractivity contribution >= 4 is 16.8 Å². The van der Waals surface area contributed by atoms with Crippen LogP contribution in [0, 0.1) is 17.5 Å². The summed E-state index contributed by atoms with van der Waals surface area (Å²) in [6.07, 6.45) is 3.93.